The molecule has 0 radical (unpaired) electrons. The average Bonchev–Trinajstić information content (AvgIpc) is 3.10. The van der Waals surface area contributed by atoms with E-state index in [9.17, 15) is 4.79 Å². The maximum Gasteiger partial charge on any atom is 0.254 e. The predicted molar refractivity (Wildman–Crippen MR) is 83.7 cm³/mol. The van der Waals surface area contributed by atoms with Gasteiger partial charge in [0.1, 0.15) is 0 Å². The fraction of sp³-hybridized carbons (Fsp3) is 0.533. The summed E-state index contributed by atoms with van der Waals surface area (Å²) in [5.74, 6) is 0.748. The van der Waals surface area contributed by atoms with Gasteiger partial charge in [-0.1, -0.05) is 18.7 Å². The fourth-order valence-corrected chi connectivity index (χ4v) is 3.73. The highest BCUT2D eigenvalue weighted by molar-refractivity contribution is 7.98. The first-order valence-electron chi connectivity index (χ1n) is 7.50. The molecule has 1 N–H and O–H groups in total. The molecule has 0 atom stereocenters. The highest BCUT2D eigenvalue weighted by Gasteiger charge is 2.17. The number of thioether (sulfide) groups is 1. The van der Waals surface area contributed by atoms with Gasteiger partial charge in [0.05, 0.1) is 17.7 Å². The molecular formula is C15H20N4OS. The maximum absolute atomic E-state index is 12.0. The summed E-state index contributed by atoms with van der Waals surface area (Å²) < 4.78 is 2.18. The summed E-state index contributed by atoms with van der Waals surface area (Å²) in [6, 6.07) is 0. The van der Waals surface area contributed by atoms with Gasteiger partial charge in [-0.25, -0.2) is 9.97 Å². The lowest BCUT2D eigenvalue weighted by atomic mass is 10.3. The van der Waals surface area contributed by atoms with Crippen LogP contribution in [0.25, 0.3) is 0 Å². The van der Waals surface area contributed by atoms with E-state index in [1.807, 2.05) is 6.33 Å². The van der Waals surface area contributed by atoms with E-state index in [1.54, 1.807) is 11.8 Å². The van der Waals surface area contributed by atoms with E-state index < -0.39 is 0 Å². The Bertz CT molecular complexity index is 704. The van der Waals surface area contributed by atoms with Gasteiger partial charge in [-0.3, -0.25) is 4.79 Å². The van der Waals surface area contributed by atoms with Crippen molar-refractivity contribution in [2.45, 2.75) is 57.0 Å². The zero-order chi connectivity index (χ0) is 14.8. The standard InChI is InChI=1S/C15H20N4OS/c1-3-13-12(16-9-19(13)4-2)8-21-15-17-11-7-5-6-10(11)14(20)18-15/h9H,3-8H2,1-2H3,(H,17,18,20). The van der Waals surface area contributed by atoms with Crippen molar-refractivity contribution < 1.29 is 0 Å². The van der Waals surface area contributed by atoms with Crippen LogP contribution in [0.4, 0.5) is 0 Å². The monoisotopic (exact) mass is 304 g/mol. The summed E-state index contributed by atoms with van der Waals surface area (Å²) in [5, 5.41) is 0.716. The molecule has 1 aliphatic carbocycles. The first kappa shape index (κ1) is 14.4. The van der Waals surface area contributed by atoms with Gasteiger partial charge in [0, 0.05) is 23.6 Å². The lowest BCUT2D eigenvalue weighted by molar-refractivity contribution is 0.715. The number of hydrogen-bond donors (Lipinski definition) is 1. The second-order valence-corrected chi connectivity index (χ2v) is 6.18. The normalized spacial score (nSPS) is 13.6. The number of hydrogen-bond acceptors (Lipinski definition) is 4. The van der Waals surface area contributed by atoms with Crippen molar-refractivity contribution in [2.24, 2.45) is 0 Å². The molecule has 0 spiro atoms. The van der Waals surface area contributed by atoms with E-state index in [0.29, 0.717) is 5.16 Å². The Morgan fingerprint density at radius 3 is 3.00 bits per heavy atom. The molecule has 0 unspecified atom stereocenters. The molecule has 0 amide bonds. The molecule has 0 aliphatic heterocycles. The van der Waals surface area contributed by atoms with Crippen molar-refractivity contribution >= 4 is 11.8 Å². The molecule has 3 rings (SSSR count). The van der Waals surface area contributed by atoms with E-state index >= 15 is 0 Å². The molecule has 2 aromatic rings. The lowest BCUT2D eigenvalue weighted by Gasteiger charge is -2.06. The van der Waals surface area contributed by atoms with Crippen molar-refractivity contribution in [1.82, 2.24) is 19.5 Å². The molecule has 0 bridgehead atoms. The van der Waals surface area contributed by atoms with Crippen molar-refractivity contribution in [3.63, 3.8) is 0 Å². The molecule has 2 heterocycles. The number of aromatic amines is 1. The van der Waals surface area contributed by atoms with Crippen LogP contribution in [0, 0.1) is 0 Å². The number of nitrogens with one attached hydrogen (secondary N) is 1. The molecule has 0 aromatic carbocycles. The Kier molecular flexibility index (Phi) is 4.14. The maximum atomic E-state index is 12.0. The molecular weight excluding hydrogens is 284 g/mol. The van der Waals surface area contributed by atoms with E-state index in [-0.39, 0.29) is 5.56 Å². The molecule has 0 saturated carbocycles. The van der Waals surface area contributed by atoms with Gasteiger partial charge in [0.15, 0.2) is 5.16 Å². The predicted octanol–water partition coefficient (Wildman–Crippen LogP) is 2.33. The van der Waals surface area contributed by atoms with Crippen LogP contribution in [0.1, 0.15) is 42.9 Å². The van der Waals surface area contributed by atoms with Crippen molar-refractivity contribution in [2.75, 3.05) is 0 Å². The summed E-state index contributed by atoms with van der Waals surface area (Å²) >= 11 is 1.56. The van der Waals surface area contributed by atoms with Crippen molar-refractivity contribution in [3.8, 4) is 0 Å². The fourth-order valence-electron chi connectivity index (χ4n) is 2.87. The van der Waals surface area contributed by atoms with Gasteiger partial charge in [-0.05, 0) is 32.6 Å². The highest BCUT2D eigenvalue weighted by atomic mass is 32.2. The average molecular weight is 304 g/mol. The smallest absolute Gasteiger partial charge is 0.254 e. The minimum atomic E-state index is 0.0369. The first-order valence-corrected chi connectivity index (χ1v) is 8.49. The molecule has 6 heteroatoms. The number of H-pyrrole nitrogens is 1. The Morgan fingerprint density at radius 2 is 2.24 bits per heavy atom. The van der Waals surface area contributed by atoms with Crippen LogP contribution in [0.2, 0.25) is 0 Å². The largest absolute Gasteiger partial charge is 0.335 e. The Labute approximate surface area is 128 Å². The van der Waals surface area contributed by atoms with Gasteiger partial charge in [0.25, 0.3) is 5.56 Å². The molecule has 5 nitrogen and oxygen atoms in total. The third-order valence-electron chi connectivity index (χ3n) is 3.97. The van der Waals surface area contributed by atoms with Crippen LogP contribution >= 0.6 is 11.8 Å². The summed E-state index contributed by atoms with van der Waals surface area (Å²) in [5.41, 5.74) is 4.26. The molecule has 0 saturated heterocycles. The number of fused-ring (bicyclic) bond motifs is 1. The van der Waals surface area contributed by atoms with Crippen molar-refractivity contribution in [3.05, 3.63) is 39.3 Å². The van der Waals surface area contributed by atoms with Crippen LogP contribution in [-0.4, -0.2) is 19.5 Å². The Morgan fingerprint density at radius 1 is 1.38 bits per heavy atom. The Hall–Kier alpha value is -1.56. The topological polar surface area (TPSA) is 63.6 Å². The summed E-state index contributed by atoms with van der Waals surface area (Å²) in [4.78, 5) is 24.0. The van der Waals surface area contributed by atoms with E-state index in [1.165, 1.54) is 5.69 Å². The third-order valence-corrected chi connectivity index (χ3v) is 4.86. The molecule has 0 fully saturated rings. The quantitative estimate of drug-likeness (QED) is 0.680. The number of aryl methyl sites for hydroxylation is 2. The zero-order valence-electron chi connectivity index (χ0n) is 12.5. The molecule has 112 valence electrons. The van der Waals surface area contributed by atoms with E-state index in [4.69, 9.17) is 0 Å². The number of nitrogens with zero attached hydrogens (tertiary/aromatic N) is 3. The third kappa shape index (κ3) is 2.77. The van der Waals surface area contributed by atoms with Crippen molar-refractivity contribution in [1.29, 1.82) is 0 Å². The second kappa shape index (κ2) is 6.05. The molecule has 21 heavy (non-hydrogen) atoms. The van der Waals surface area contributed by atoms with Crippen LogP contribution in [0.3, 0.4) is 0 Å². The first-order chi connectivity index (χ1) is 10.2. The van der Waals surface area contributed by atoms with Crippen LogP contribution < -0.4 is 5.56 Å². The van der Waals surface area contributed by atoms with E-state index in [0.717, 1.165) is 54.9 Å². The summed E-state index contributed by atoms with van der Waals surface area (Å²) in [7, 11) is 0. The second-order valence-electron chi connectivity index (χ2n) is 5.22. The number of aromatic nitrogens is 4. The van der Waals surface area contributed by atoms with Crippen LogP contribution in [0.15, 0.2) is 16.3 Å². The van der Waals surface area contributed by atoms with Gasteiger partial charge >= 0.3 is 0 Å². The zero-order valence-corrected chi connectivity index (χ0v) is 13.3. The molecule has 2 aromatic heterocycles. The van der Waals surface area contributed by atoms with Gasteiger partial charge in [-0.2, -0.15) is 0 Å². The van der Waals surface area contributed by atoms with Crippen LogP contribution in [-0.2, 0) is 31.6 Å². The van der Waals surface area contributed by atoms with Crippen LogP contribution in [0.5, 0.6) is 0 Å². The Balaban J connectivity index is 1.78. The summed E-state index contributed by atoms with van der Waals surface area (Å²) in [6.45, 7) is 5.21. The lowest BCUT2D eigenvalue weighted by Crippen LogP contribution is -2.15. The highest BCUT2D eigenvalue weighted by Crippen LogP contribution is 2.23. The molecule has 1 aliphatic rings. The SMILES string of the molecule is CCc1c(CSc2nc3c(c(=O)[nH]2)CCC3)ncn1CC. The minimum absolute atomic E-state index is 0.0369. The van der Waals surface area contributed by atoms with Gasteiger partial charge < -0.3 is 9.55 Å². The number of rotatable bonds is 5. The van der Waals surface area contributed by atoms with Gasteiger partial charge in [0.2, 0.25) is 0 Å². The minimum Gasteiger partial charge on any atom is -0.335 e. The summed E-state index contributed by atoms with van der Waals surface area (Å²) in [6.07, 6.45) is 5.70. The number of imidazole rings is 1. The van der Waals surface area contributed by atoms with Gasteiger partial charge in [-0.15, -0.1) is 0 Å². The van der Waals surface area contributed by atoms with E-state index in [2.05, 4.69) is 33.4 Å².